The summed E-state index contributed by atoms with van der Waals surface area (Å²) in [5, 5.41) is 14.8. The van der Waals surface area contributed by atoms with Crippen molar-refractivity contribution in [3.63, 3.8) is 0 Å². The van der Waals surface area contributed by atoms with Crippen molar-refractivity contribution in [2.24, 2.45) is 5.92 Å². The van der Waals surface area contributed by atoms with Gasteiger partial charge in [0, 0.05) is 18.8 Å². The van der Waals surface area contributed by atoms with Crippen LogP contribution >= 0.6 is 0 Å². The maximum atomic E-state index is 12.4. The molecule has 8 nitrogen and oxygen atoms in total. The average Bonchev–Trinajstić information content (AvgIpc) is 3.06. The highest BCUT2D eigenvalue weighted by Crippen LogP contribution is 2.26. The molecule has 0 spiro atoms. The van der Waals surface area contributed by atoms with E-state index in [1.807, 2.05) is 30.0 Å². The van der Waals surface area contributed by atoms with Gasteiger partial charge in [0.1, 0.15) is 11.4 Å². The molecule has 0 atom stereocenters. The Balaban J connectivity index is 1.69. The summed E-state index contributed by atoms with van der Waals surface area (Å²) in [6, 6.07) is 5.60. The number of nitrogens with one attached hydrogen (secondary N) is 1. The number of carbonyl (C=O) groups excluding carboxylic acids is 1. The number of amides is 1. The summed E-state index contributed by atoms with van der Waals surface area (Å²) in [6.45, 7) is 6.02. The zero-order valence-electron chi connectivity index (χ0n) is 14.9. The van der Waals surface area contributed by atoms with Crippen LogP contribution in [-0.2, 0) is 4.79 Å². The quantitative estimate of drug-likeness (QED) is 0.888. The third-order valence-corrected chi connectivity index (χ3v) is 4.61. The van der Waals surface area contributed by atoms with Crippen molar-refractivity contribution in [3.8, 4) is 11.4 Å². The predicted octanol–water partition coefficient (Wildman–Crippen LogP) is 1.65. The molecule has 1 N–H and O–H groups in total. The highest BCUT2D eigenvalue weighted by atomic mass is 16.5. The summed E-state index contributed by atoms with van der Waals surface area (Å²) in [6.07, 6.45) is 2.16. The van der Waals surface area contributed by atoms with Crippen LogP contribution in [0.1, 0.15) is 25.6 Å². The fourth-order valence-corrected chi connectivity index (χ4v) is 2.97. The Morgan fingerprint density at radius 3 is 2.76 bits per heavy atom. The third-order valence-electron chi connectivity index (χ3n) is 4.61. The molecule has 134 valence electrons. The molecule has 1 saturated heterocycles. The number of benzene rings is 1. The number of ether oxygens (including phenoxy) is 1. The lowest BCUT2D eigenvalue weighted by Crippen LogP contribution is -2.40. The van der Waals surface area contributed by atoms with Crippen molar-refractivity contribution >= 4 is 11.6 Å². The van der Waals surface area contributed by atoms with Gasteiger partial charge in [-0.15, -0.1) is 5.10 Å². The van der Waals surface area contributed by atoms with Crippen LogP contribution in [0, 0.1) is 12.8 Å². The number of hydrogen-bond donors (Lipinski definition) is 1. The minimum atomic E-state index is 0.128. The number of likely N-dealkylation sites (tertiary alicyclic amines) is 1. The molecule has 3 rings (SSSR count). The first kappa shape index (κ1) is 17.2. The summed E-state index contributed by atoms with van der Waals surface area (Å²) >= 11 is 0. The Labute approximate surface area is 147 Å². The lowest BCUT2D eigenvalue weighted by atomic mass is 9.99. The summed E-state index contributed by atoms with van der Waals surface area (Å²) in [5.41, 5.74) is 1.55. The number of nitrogens with zero attached hydrogens (tertiary/aromatic N) is 5. The van der Waals surface area contributed by atoms with E-state index < -0.39 is 0 Å². The van der Waals surface area contributed by atoms with Crippen molar-refractivity contribution in [1.82, 2.24) is 25.1 Å². The number of rotatable bonds is 5. The van der Waals surface area contributed by atoms with Gasteiger partial charge in [0.25, 0.3) is 0 Å². The number of methoxy groups -OCH3 is 1. The van der Waals surface area contributed by atoms with Crippen molar-refractivity contribution in [2.75, 3.05) is 32.1 Å². The van der Waals surface area contributed by atoms with Crippen LogP contribution in [0.2, 0.25) is 0 Å². The van der Waals surface area contributed by atoms with E-state index in [2.05, 4.69) is 27.8 Å². The topological polar surface area (TPSA) is 85.2 Å². The first-order valence-corrected chi connectivity index (χ1v) is 8.53. The van der Waals surface area contributed by atoms with Gasteiger partial charge in [0.15, 0.2) is 5.82 Å². The van der Waals surface area contributed by atoms with Gasteiger partial charge >= 0.3 is 0 Å². The molecule has 1 fully saturated rings. The standard InChI is InChI=1S/C17H24N6O2/c1-12-6-8-22(9-7-12)17(24)11-18-14-4-5-16(25-3)15(10-14)23-13(2)19-20-21-23/h4-5,10,12,18H,6-9,11H2,1-3H3. The summed E-state index contributed by atoms with van der Waals surface area (Å²) in [4.78, 5) is 14.3. The molecule has 0 unspecified atom stereocenters. The van der Waals surface area contributed by atoms with E-state index in [-0.39, 0.29) is 12.5 Å². The molecule has 2 aromatic rings. The number of aromatic nitrogens is 4. The van der Waals surface area contributed by atoms with E-state index in [0.29, 0.717) is 17.5 Å². The molecular weight excluding hydrogens is 320 g/mol. The van der Waals surface area contributed by atoms with E-state index in [1.54, 1.807) is 11.8 Å². The maximum absolute atomic E-state index is 12.4. The van der Waals surface area contributed by atoms with Crippen LogP contribution < -0.4 is 10.1 Å². The minimum Gasteiger partial charge on any atom is -0.494 e. The van der Waals surface area contributed by atoms with E-state index in [1.165, 1.54) is 0 Å². The number of piperidine rings is 1. The van der Waals surface area contributed by atoms with Gasteiger partial charge in [-0.25, -0.2) is 0 Å². The van der Waals surface area contributed by atoms with Crippen LogP contribution in [0.4, 0.5) is 5.69 Å². The van der Waals surface area contributed by atoms with Gasteiger partial charge in [-0.05, 0) is 54.3 Å². The molecule has 2 heterocycles. The number of tetrazole rings is 1. The van der Waals surface area contributed by atoms with Crippen molar-refractivity contribution in [1.29, 1.82) is 0 Å². The highest BCUT2D eigenvalue weighted by Gasteiger charge is 2.20. The van der Waals surface area contributed by atoms with Gasteiger partial charge in [0.2, 0.25) is 5.91 Å². The second-order valence-corrected chi connectivity index (χ2v) is 6.44. The fraction of sp³-hybridized carbons (Fsp3) is 0.529. The Hall–Kier alpha value is -2.64. The van der Waals surface area contributed by atoms with Crippen LogP contribution in [0.15, 0.2) is 18.2 Å². The molecule has 0 saturated carbocycles. The van der Waals surface area contributed by atoms with Crippen LogP contribution in [0.3, 0.4) is 0 Å². The molecule has 8 heteroatoms. The molecule has 1 aromatic heterocycles. The van der Waals surface area contributed by atoms with E-state index >= 15 is 0 Å². The molecule has 25 heavy (non-hydrogen) atoms. The second-order valence-electron chi connectivity index (χ2n) is 6.44. The van der Waals surface area contributed by atoms with Gasteiger partial charge < -0.3 is 15.0 Å². The molecule has 1 aliphatic heterocycles. The van der Waals surface area contributed by atoms with Crippen LogP contribution in [0.5, 0.6) is 5.75 Å². The van der Waals surface area contributed by atoms with Gasteiger partial charge in [-0.3, -0.25) is 4.79 Å². The molecule has 1 amide bonds. The lowest BCUT2D eigenvalue weighted by Gasteiger charge is -2.30. The first-order chi connectivity index (χ1) is 12.1. The highest BCUT2D eigenvalue weighted by molar-refractivity contribution is 5.81. The van der Waals surface area contributed by atoms with E-state index in [9.17, 15) is 4.79 Å². The Bertz CT molecular complexity index is 736. The first-order valence-electron chi connectivity index (χ1n) is 8.53. The number of aryl methyl sites for hydroxylation is 1. The molecule has 1 aromatic carbocycles. The lowest BCUT2D eigenvalue weighted by molar-refractivity contribution is -0.130. The zero-order chi connectivity index (χ0) is 17.8. The Morgan fingerprint density at radius 1 is 1.36 bits per heavy atom. The summed E-state index contributed by atoms with van der Waals surface area (Å²) < 4.78 is 7.00. The van der Waals surface area contributed by atoms with Gasteiger partial charge in [0.05, 0.1) is 13.7 Å². The molecule has 0 radical (unpaired) electrons. The fourth-order valence-electron chi connectivity index (χ4n) is 2.97. The average molecular weight is 344 g/mol. The smallest absolute Gasteiger partial charge is 0.241 e. The van der Waals surface area contributed by atoms with Crippen molar-refractivity contribution < 1.29 is 9.53 Å². The molecule has 0 bridgehead atoms. The molecular formula is C17H24N6O2. The number of carbonyl (C=O) groups is 1. The Kier molecular flexibility index (Phi) is 5.16. The predicted molar refractivity (Wildman–Crippen MR) is 93.9 cm³/mol. The van der Waals surface area contributed by atoms with Gasteiger partial charge in [-0.2, -0.15) is 4.68 Å². The van der Waals surface area contributed by atoms with Crippen molar-refractivity contribution in [2.45, 2.75) is 26.7 Å². The van der Waals surface area contributed by atoms with Gasteiger partial charge in [-0.1, -0.05) is 6.92 Å². The van der Waals surface area contributed by atoms with Crippen LogP contribution in [-0.4, -0.2) is 57.8 Å². The van der Waals surface area contributed by atoms with E-state index in [0.717, 1.165) is 37.3 Å². The molecule has 0 aliphatic carbocycles. The van der Waals surface area contributed by atoms with Crippen LogP contribution in [0.25, 0.3) is 5.69 Å². The summed E-state index contributed by atoms with van der Waals surface area (Å²) in [5.74, 6) is 2.16. The Morgan fingerprint density at radius 2 is 2.12 bits per heavy atom. The van der Waals surface area contributed by atoms with Crippen molar-refractivity contribution in [3.05, 3.63) is 24.0 Å². The number of anilines is 1. The summed E-state index contributed by atoms with van der Waals surface area (Å²) in [7, 11) is 1.60. The molecule has 1 aliphatic rings. The minimum absolute atomic E-state index is 0.128. The monoisotopic (exact) mass is 344 g/mol. The second kappa shape index (κ2) is 7.50. The van der Waals surface area contributed by atoms with E-state index in [4.69, 9.17) is 4.74 Å². The maximum Gasteiger partial charge on any atom is 0.241 e. The normalized spacial score (nSPS) is 15.2. The third kappa shape index (κ3) is 3.89. The zero-order valence-corrected chi connectivity index (χ0v) is 14.9. The largest absolute Gasteiger partial charge is 0.494 e. The number of hydrogen-bond acceptors (Lipinski definition) is 6. The SMILES string of the molecule is COc1ccc(NCC(=O)N2CCC(C)CC2)cc1-n1nnnc1C.